The number of fused-ring (bicyclic) bond motifs is 1. The van der Waals surface area contributed by atoms with E-state index in [2.05, 4.69) is 20.3 Å². The molecule has 3 heterocycles. The number of pyridine rings is 1. The molecular weight excluding hydrogens is 490 g/mol. The van der Waals surface area contributed by atoms with Gasteiger partial charge < -0.3 is 14.7 Å². The van der Waals surface area contributed by atoms with Gasteiger partial charge in [0.15, 0.2) is 9.84 Å². The van der Waals surface area contributed by atoms with Gasteiger partial charge in [0.2, 0.25) is 5.89 Å². The number of oxazole rings is 1. The van der Waals surface area contributed by atoms with Crippen LogP contribution in [0.25, 0.3) is 22.5 Å². The minimum Gasteiger partial charge on any atom is -0.444 e. The SMILES string of the molecule is Cc1coc(-c2cnc3[nH]ccc3c2NC2CC(CS(=O)(=O)c3cccc(C#N)c3)C2)n1.O=S=O. The van der Waals surface area contributed by atoms with Crippen molar-refractivity contribution in [3.8, 4) is 17.5 Å². The summed E-state index contributed by atoms with van der Waals surface area (Å²) >= 11 is -0.750. The Morgan fingerprint density at radius 1 is 1.29 bits per heavy atom. The maximum Gasteiger partial charge on any atom is 0.335 e. The van der Waals surface area contributed by atoms with Crippen LogP contribution in [0.15, 0.2) is 58.3 Å². The van der Waals surface area contributed by atoms with E-state index in [-0.39, 0.29) is 22.6 Å². The molecular formula is C23H21N5O5S2. The van der Waals surface area contributed by atoms with Gasteiger partial charge in [0.05, 0.1) is 39.2 Å². The summed E-state index contributed by atoms with van der Waals surface area (Å²) in [6.07, 6.45) is 6.63. The quantitative estimate of drug-likeness (QED) is 0.395. The van der Waals surface area contributed by atoms with Crippen molar-refractivity contribution in [1.29, 1.82) is 5.26 Å². The molecule has 1 aliphatic carbocycles. The second-order valence-corrected chi connectivity index (χ2v) is 10.4. The summed E-state index contributed by atoms with van der Waals surface area (Å²) in [6, 6.07) is 10.3. The maximum absolute atomic E-state index is 12.8. The van der Waals surface area contributed by atoms with Crippen LogP contribution >= 0.6 is 0 Å². The molecule has 0 spiro atoms. The number of hydrogen-bond donors (Lipinski definition) is 2. The van der Waals surface area contributed by atoms with E-state index >= 15 is 0 Å². The van der Waals surface area contributed by atoms with Gasteiger partial charge in [0.25, 0.3) is 0 Å². The Morgan fingerprint density at radius 2 is 2.06 bits per heavy atom. The molecule has 35 heavy (non-hydrogen) atoms. The smallest absolute Gasteiger partial charge is 0.335 e. The first kappa shape index (κ1) is 24.3. The molecule has 0 saturated heterocycles. The van der Waals surface area contributed by atoms with Gasteiger partial charge in [-0.1, -0.05) is 6.07 Å². The number of anilines is 1. The van der Waals surface area contributed by atoms with E-state index in [0.29, 0.717) is 11.5 Å². The van der Waals surface area contributed by atoms with Crippen molar-refractivity contribution in [2.75, 3.05) is 11.1 Å². The van der Waals surface area contributed by atoms with Crippen LogP contribution in [0.4, 0.5) is 5.69 Å². The fourth-order valence-corrected chi connectivity index (χ4v) is 5.84. The average Bonchev–Trinajstić information content (AvgIpc) is 3.47. The first-order chi connectivity index (χ1) is 16.8. The third kappa shape index (κ3) is 5.31. The lowest BCUT2D eigenvalue weighted by atomic mass is 9.81. The number of aryl methyl sites for hydroxylation is 1. The summed E-state index contributed by atoms with van der Waals surface area (Å²) < 4.78 is 47.8. The van der Waals surface area contributed by atoms with Crippen LogP contribution in [-0.4, -0.2) is 43.6 Å². The zero-order chi connectivity index (χ0) is 25.0. The molecule has 0 unspecified atom stereocenters. The third-order valence-electron chi connectivity index (χ3n) is 5.80. The summed E-state index contributed by atoms with van der Waals surface area (Å²) in [5.41, 5.74) is 3.55. The van der Waals surface area contributed by atoms with Gasteiger partial charge in [-0.25, -0.2) is 18.4 Å². The molecule has 0 radical (unpaired) electrons. The minimum atomic E-state index is -3.44. The molecule has 3 aromatic heterocycles. The number of nitrogens with one attached hydrogen (secondary N) is 2. The molecule has 1 fully saturated rings. The number of hydrogen-bond acceptors (Lipinski definition) is 9. The lowest BCUT2D eigenvalue weighted by Gasteiger charge is -2.36. The molecule has 1 aromatic carbocycles. The van der Waals surface area contributed by atoms with E-state index in [9.17, 15) is 8.42 Å². The van der Waals surface area contributed by atoms with Crippen molar-refractivity contribution >= 4 is 38.1 Å². The van der Waals surface area contributed by atoms with Crippen LogP contribution in [0.2, 0.25) is 0 Å². The topological polar surface area (TPSA) is 159 Å². The van der Waals surface area contributed by atoms with Gasteiger partial charge in [-0.15, -0.1) is 0 Å². The van der Waals surface area contributed by atoms with E-state index in [1.807, 2.05) is 25.3 Å². The Balaban J connectivity index is 0.000000917. The highest BCUT2D eigenvalue weighted by Gasteiger charge is 2.34. The molecule has 5 rings (SSSR count). The van der Waals surface area contributed by atoms with E-state index in [0.717, 1.165) is 40.8 Å². The summed E-state index contributed by atoms with van der Waals surface area (Å²) in [5.74, 6) is 0.623. The zero-order valence-corrected chi connectivity index (χ0v) is 20.2. The van der Waals surface area contributed by atoms with Crippen LogP contribution in [0.3, 0.4) is 0 Å². The van der Waals surface area contributed by atoms with Crippen molar-refractivity contribution in [2.24, 2.45) is 5.92 Å². The molecule has 0 amide bonds. The lowest BCUT2D eigenvalue weighted by molar-refractivity contribution is 0.311. The van der Waals surface area contributed by atoms with Gasteiger partial charge in [-0.3, -0.25) is 0 Å². The summed E-state index contributed by atoms with van der Waals surface area (Å²) in [7, 11) is -3.44. The number of nitrogens with zero attached hydrogens (tertiary/aromatic N) is 3. The number of aromatic amines is 1. The van der Waals surface area contributed by atoms with Crippen molar-refractivity contribution in [2.45, 2.75) is 30.7 Å². The molecule has 10 nitrogen and oxygen atoms in total. The van der Waals surface area contributed by atoms with E-state index in [4.69, 9.17) is 18.1 Å². The predicted octanol–water partition coefficient (Wildman–Crippen LogP) is 3.39. The molecule has 1 saturated carbocycles. The summed E-state index contributed by atoms with van der Waals surface area (Å²) in [6.45, 7) is 1.87. The van der Waals surface area contributed by atoms with E-state index < -0.39 is 21.4 Å². The standard InChI is InChI=1S/C23H21N5O3S.O2S/c1-14-12-31-23(27-14)20-11-26-22-19(5-6-25-22)21(20)28-17-7-16(8-17)13-32(29,30)18-4-2-3-15(9-18)10-24;1-3-2/h2-6,9,11-12,16-17H,7-8,13H2,1H3,(H2,25,26,28);. The van der Waals surface area contributed by atoms with Crippen LogP contribution in [0.5, 0.6) is 0 Å². The second-order valence-electron chi connectivity index (χ2n) is 8.25. The second kappa shape index (κ2) is 10.2. The van der Waals surface area contributed by atoms with Gasteiger partial charge in [0, 0.05) is 23.8 Å². The fourth-order valence-electron chi connectivity index (χ4n) is 4.16. The van der Waals surface area contributed by atoms with Gasteiger partial charge >= 0.3 is 11.6 Å². The first-order valence-electron chi connectivity index (χ1n) is 10.6. The summed E-state index contributed by atoms with van der Waals surface area (Å²) in [4.78, 5) is 12.2. The molecule has 180 valence electrons. The Labute approximate surface area is 204 Å². The van der Waals surface area contributed by atoms with Crippen LogP contribution in [-0.2, 0) is 21.4 Å². The van der Waals surface area contributed by atoms with Gasteiger partial charge in [0.1, 0.15) is 11.9 Å². The van der Waals surface area contributed by atoms with Gasteiger partial charge in [-0.2, -0.15) is 13.7 Å². The normalized spacial score (nSPS) is 17.0. The number of sulfone groups is 1. The Kier molecular flexibility index (Phi) is 7.09. The minimum absolute atomic E-state index is 0.0548. The van der Waals surface area contributed by atoms with Crippen LogP contribution < -0.4 is 5.32 Å². The number of aromatic nitrogens is 3. The highest BCUT2D eigenvalue weighted by atomic mass is 32.2. The van der Waals surface area contributed by atoms with Crippen molar-refractivity contribution in [3.05, 3.63) is 60.2 Å². The molecule has 0 bridgehead atoms. The van der Waals surface area contributed by atoms with Crippen LogP contribution in [0, 0.1) is 24.2 Å². The van der Waals surface area contributed by atoms with E-state index in [1.165, 1.54) is 6.07 Å². The molecule has 0 aliphatic heterocycles. The Hall–Kier alpha value is -3.82. The van der Waals surface area contributed by atoms with E-state index in [1.54, 1.807) is 30.7 Å². The molecule has 0 atom stereocenters. The number of H-pyrrole nitrogens is 1. The highest BCUT2D eigenvalue weighted by molar-refractivity contribution is 7.91. The Bertz CT molecular complexity index is 1540. The van der Waals surface area contributed by atoms with Gasteiger partial charge in [-0.05, 0) is 49.9 Å². The monoisotopic (exact) mass is 511 g/mol. The number of rotatable bonds is 6. The Morgan fingerprint density at radius 3 is 2.74 bits per heavy atom. The highest BCUT2D eigenvalue weighted by Crippen LogP contribution is 2.38. The first-order valence-corrected chi connectivity index (χ1v) is 13.0. The number of nitriles is 1. The molecule has 1 aliphatic rings. The average molecular weight is 512 g/mol. The molecule has 4 aromatic rings. The fraction of sp³-hybridized carbons (Fsp3) is 0.261. The van der Waals surface area contributed by atoms with Crippen LogP contribution in [0.1, 0.15) is 24.1 Å². The predicted molar refractivity (Wildman–Crippen MR) is 129 cm³/mol. The molecule has 2 N–H and O–H groups in total. The largest absolute Gasteiger partial charge is 0.444 e. The maximum atomic E-state index is 12.8. The zero-order valence-electron chi connectivity index (χ0n) is 18.6. The summed E-state index contributed by atoms with van der Waals surface area (Å²) in [5, 5.41) is 13.5. The molecule has 12 heteroatoms. The van der Waals surface area contributed by atoms with Crippen molar-refractivity contribution < 1.29 is 21.3 Å². The van der Waals surface area contributed by atoms with Crippen molar-refractivity contribution in [3.63, 3.8) is 0 Å². The number of benzene rings is 1. The lowest BCUT2D eigenvalue weighted by Crippen LogP contribution is -2.39. The van der Waals surface area contributed by atoms with Crippen molar-refractivity contribution in [1.82, 2.24) is 15.0 Å². The third-order valence-corrected chi connectivity index (χ3v) is 7.68.